The Morgan fingerprint density at radius 1 is 0.977 bits per heavy atom. The molecule has 6 nitrogen and oxygen atoms in total. The average Bonchev–Trinajstić information content (AvgIpc) is 2.87. The van der Waals surface area contributed by atoms with Crippen molar-refractivity contribution in [3.63, 3.8) is 0 Å². The van der Waals surface area contributed by atoms with E-state index in [0.29, 0.717) is 31.2 Å². The number of anilines is 1. The molecule has 2 atom stereocenters. The highest BCUT2D eigenvalue weighted by Gasteiger charge is 2.44. The quantitative estimate of drug-likeness (QED) is 0.177. The zero-order chi connectivity index (χ0) is 32.7. The molecule has 1 aliphatic heterocycles. The molecule has 0 saturated carbocycles. The molecule has 0 saturated heterocycles. The van der Waals surface area contributed by atoms with Gasteiger partial charge in [0, 0.05) is 18.2 Å². The second-order valence-electron chi connectivity index (χ2n) is 10.3. The number of ketones is 1. The van der Waals surface area contributed by atoms with Gasteiger partial charge in [0.1, 0.15) is 0 Å². The van der Waals surface area contributed by atoms with Crippen molar-refractivity contribution in [1.82, 2.24) is 4.90 Å². The minimum absolute atomic E-state index is 0.0625. The second kappa shape index (κ2) is 12.1. The molecule has 15 heteroatoms. The lowest BCUT2D eigenvalue weighted by atomic mass is 9.87. The molecular formula is C28H27F9N2O4. The summed E-state index contributed by atoms with van der Waals surface area (Å²) in [5.41, 5.74) is -7.42. The number of alkyl halides is 9. The van der Waals surface area contributed by atoms with Crippen molar-refractivity contribution in [3.05, 3.63) is 63.7 Å². The van der Waals surface area contributed by atoms with E-state index in [1.165, 1.54) is 0 Å². The Balaban J connectivity index is 2.22. The number of ether oxygens (including phenoxy) is 1. The van der Waals surface area contributed by atoms with Gasteiger partial charge >= 0.3 is 24.6 Å². The fraction of sp³-hybridized carbons (Fsp3) is 0.464. The number of hydrogen-bond donors (Lipinski definition) is 0. The van der Waals surface area contributed by atoms with E-state index >= 15 is 0 Å². The maximum absolute atomic E-state index is 13.8. The van der Waals surface area contributed by atoms with Gasteiger partial charge in [0.25, 0.3) is 0 Å². The van der Waals surface area contributed by atoms with Crippen molar-refractivity contribution in [3.8, 4) is 0 Å². The highest BCUT2D eigenvalue weighted by atomic mass is 19.4. The van der Waals surface area contributed by atoms with Crippen LogP contribution in [0, 0.1) is 0 Å². The van der Waals surface area contributed by atoms with Crippen LogP contribution in [0.25, 0.3) is 0 Å². The maximum Gasteiger partial charge on any atom is 0.417 e. The number of hydrogen-bond acceptors (Lipinski definition) is 4. The van der Waals surface area contributed by atoms with Crippen molar-refractivity contribution in [2.24, 2.45) is 0 Å². The molecular weight excluding hydrogens is 599 g/mol. The molecule has 0 bridgehead atoms. The molecule has 0 aromatic heterocycles. The molecule has 2 aromatic rings. The van der Waals surface area contributed by atoms with Crippen molar-refractivity contribution in [2.75, 3.05) is 4.90 Å². The topological polar surface area (TPSA) is 66.9 Å². The first-order valence-electron chi connectivity index (χ1n) is 12.9. The van der Waals surface area contributed by atoms with E-state index in [0.717, 1.165) is 15.9 Å². The summed E-state index contributed by atoms with van der Waals surface area (Å²) in [6, 6.07) is 0.949. The first kappa shape index (κ1) is 33.7. The van der Waals surface area contributed by atoms with Crippen LogP contribution < -0.4 is 4.90 Å². The predicted molar refractivity (Wildman–Crippen MR) is 135 cm³/mol. The van der Waals surface area contributed by atoms with Crippen LogP contribution in [-0.4, -0.2) is 35.3 Å². The van der Waals surface area contributed by atoms with Gasteiger partial charge in [0.2, 0.25) is 6.41 Å². The van der Waals surface area contributed by atoms with Crippen LogP contribution in [0.3, 0.4) is 0 Å². The molecule has 2 amide bonds. The predicted octanol–water partition coefficient (Wildman–Crippen LogP) is 8.18. The van der Waals surface area contributed by atoms with Gasteiger partial charge in [0.15, 0.2) is 5.78 Å². The number of benzene rings is 2. The number of amides is 2. The van der Waals surface area contributed by atoms with Crippen LogP contribution in [0.15, 0.2) is 30.3 Å². The van der Waals surface area contributed by atoms with Gasteiger partial charge in [-0.05, 0) is 75.1 Å². The maximum atomic E-state index is 13.8. The molecule has 236 valence electrons. The third-order valence-corrected chi connectivity index (χ3v) is 6.90. The second-order valence-corrected chi connectivity index (χ2v) is 10.3. The van der Waals surface area contributed by atoms with Gasteiger partial charge in [0.05, 0.1) is 34.5 Å². The smallest absolute Gasteiger partial charge is 0.417 e. The van der Waals surface area contributed by atoms with Gasteiger partial charge in [-0.25, -0.2) is 4.79 Å². The molecule has 0 fully saturated rings. The standard InChI is InChI=1S/C28H27F9N2O4/c1-5-18-11-23(19-10-17(26(29,30)31)6-7-22(19)39(18)25(42)43-14(2)3)38(13-40)12-16-8-20(27(32,33)34)24(15(4)41)21(9-16)28(35,36)37/h6-10,13-14,18,23H,5,11-12H2,1-4H3. The summed E-state index contributed by atoms with van der Waals surface area (Å²) in [6.07, 6.45) is -17.0. The van der Waals surface area contributed by atoms with E-state index in [2.05, 4.69) is 0 Å². The fourth-order valence-electron chi connectivity index (χ4n) is 5.12. The number of carbonyl (C=O) groups is 3. The van der Waals surface area contributed by atoms with Gasteiger partial charge in [-0.1, -0.05) is 6.92 Å². The van der Waals surface area contributed by atoms with Crippen LogP contribution >= 0.6 is 0 Å². The van der Waals surface area contributed by atoms with E-state index in [9.17, 15) is 53.9 Å². The van der Waals surface area contributed by atoms with Crippen LogP contribution in [0.2, 0.25) is 0 Å². The van der Waals surface area contributed by atoms with Crippen molar-refractivity contribution in [2.45, 2.75) is 83.8 Å². The summed E-state index contributed by atoms with van der Waals surface area (Å²) in [4.78, 5) is 39.0. The molecule has 43 heavy (non-hydrogen) atoms. The number of halogens is 9. The number of fused-ring (bicyclic) bond motifs is 1. The van der Waals surface area contributed by atoms with E-state index in [1.807, 2.05) is 0 Å². The third kappa shape index (κ3) is 7.24. The summed E-state index contributed by atoms with van der Waals surface area (Å²) in [6.45, 7) is 4.41. The third-order valence-electron chi connectivity index (χ3n) is 6.90. The molecule has 0 aliphatic carbocycles. The van der Waals surface area contributed by atoms with Crippen LogP contribution in [0.1, 0.15) is 84.8 Å². The van der Waals surface area contributed by atoms with Gasteiger partial charge in [-0.2, -0.15) is 39.5 Å². The minimum Gasteiger partial charge on any atom is -0.446 e. The summed E-state index contributed by atoms with van der Waals surface area (Å²) < 4.78 is 129. The molecule has 1 aliphatic rings. The summed E-state index contributed by atoms with van der Waals surface area (Å²) >= 11 is 0. The van der Waals surface area contributed by atoms with Gasteiger partial charge in [-0.3, -0.25) is 14.5 Å². The molecule has 0 N–H and O–H groups in total. The molecule has 3 rings (SSSR count). The number of rotatable bonds is 7. The SMILES string of the molecule is CCC1CC(N(C=O)Cc2cc(C(F)(F)F)c(C(C)=O)c(C(F)(F)F)c2)c2cc(C(F)(F)F)ccc2N1C(=O)OC(C)C. The fourth-order valence-corrected chi connectivity index (χ4v) is 5.12. The Morgan fingerprint density at radius 2 is 1.53 bits per heavy atom. The zero-order valence-corrected chi connectivity index (χ0v) is 23.2. The Kier molecular flexibility index (Phi) is 9.47. The van der Waals surface area contributed by atoms with Crippen LogP contribution in [-0.2, 0) is 34.6 Å². The Hall–Kier alpha value is -3.78. The Bertz CT molecular complexity index is 1350. The Morgan fingerprint density at radius 3 is 1.95 bits per heavy atom. The lowest BCUT2D eigenvalue weighted by molar-refractivity contribution is -0.144. The molecule has 0 spiro atoms. The van der Waals surface area contributed by atoms with E-state index < -0.39 is 83.0 Å². The van der Waals surface area contributed by atoms with Crippen LogP contribution in [0.4, 0.5) is 50.0 Å². The first-order valence-corrected chi connectivity index (χ1v) is 12.9. The van der Waals surface area contributed by atoms with E-state index in [4.69, 9.17) is 4.74 Å². The highest BCUT2D eigenvalue weighted by molar-refractivity contribution is 5.97. The lowest BCUT2D eigenvalue weighted by Gasteiger charge is -2.43. The largest absolute Gasteiger partial charge is 0.446 e. The van der Waals surface area contributed by atoms with Crippen molar-refractivity contribution in [1.29, 1.82) is 0 Å². The zero-order valence-electron chi connectivity index (χ0n) is 23.2. The molecule has 1 heterocycles. The highest BCUT2D eigenvalue weighted by Crippen LogP contribution is 2.45. The number of Topliss-reactive ketones (excluding diaryl/α,β-unsaturated/α-hetero) is 1. The molecule has 2 aromatic carbocycles. The van der Waals surface area contributed by atoms with Crippen LogP contribution in [0.5, 0.6) is 0 Å². The molecule has 0 radical (unpaired) electrons. The molecule has 2 unspecified atom stereocenters. The minimum atomic E-state index is -5.38. The average molecular weight is 627 g/mol. The van der Waals surface area contributed by atoms with E-state index in [-0.39, 0.29) is 30.5 Å². The normalized spacial score (nSPS) is 17.5. The first-order chi connectivity index (χ1) is 19.7. The van der Waals surface area contributed by atoms with E-state index in [1.54, 1.807) is 20.8 Å². The van der Waals surface area contributed by atoms with Gasteiger partial charge in [-0.15, -0.1) is 0 Å². The number of carbonyl (C=O) groups excluding carboxylic acids is 3. The monoisotopic (exact) mass is 626 g/mol. The van der Waals surface area contributed by atoms with Crippen molar-refractivity contribution >= 4 is 24.0 Å². The summed E-state index contributed by atoms with van der Waals surface area (Å²) in [5.74, 6) is -1.49. The Labute approximate surface area is 240 Å². The number of nitrogens with zero attached hydrogens (tertiary/aromatic N) is 2. The lowest BCUT2D eigenvalue weighted by Crippen LogP contribution is -2.48. The summed E-state index contributed by atoms with van der Waals surface area (Å²) in [7, 11) is 0. The summed E-state index contributed by atoms with van der Waals surface area (Å²) in [5, 5.41) is 0. The van der Waals surface area contributed by atoms with Gasteiger partial charge < -0.3 is 9.64 Å². The van der Waals surface area contributed by atoms with Crippen molar-refractivity contribution < 1.29 is 58.6 Å².